The quantitative estimate of drug-likeness (QED) is 0.375. The molecule has 0 amide bonds. The zero-order valence-corrected chi connectivity index (χ0v) is 13.8. The lowest BCUT2D eigenvalue weighted by molar-refractivity contribution is -0.385. The number of esters is 1. The largest absolute Gasteiger partial charge is 0.490 e. The molecule has 0 bridgehead atoms. The molecule has 0 fully saturated rings. The monoisotopic (exact) mass is 360 g/mol. The van der Waals surface area contributed by atoms with Crippen LogP contribution >= 0.6 is 11.3 Å². The van der Waals surface area contributed by atoms with Crippen molar-refractivity contribution < 1.29 is 23.6 Å². The van der Waals surface area contributed by atoms with Crippen LogP contribution in [0.3, 0.4) is 0 Å². The Morgan fingerprint density at radius 2 is 2.24 bits per heavy atom. The van der Waals surface area contributed by atoms with Crippen LogP contribution in [-0.2, 0) is 11.3 Å². The molecular formula is C16H12N2O6S. The van der Waals surface area contributed by atoms with E-state index in [0.717, 1.165) is 6.07 Å². The summed E-state index contributed by atoms with van der Waals surface area (Å²) >= 11 is 1.36. The molecule has 0 aliphatic carbocycles. The molecule has 3 aromatic rings. The van der Waals surface area contributed by atoms with Gasteiger partial charge in [-0.3, -0.25) is 10.1 Å². The molecule has 0 N–H and O–H groups in total. The Hall–Kier alpha value is -3.20. The minimum atomic E-state index is -0.682. The lowest BCUT2D eigenvalue weighted by atomic mass is 10.2. The average Bonchev–Trinajstić information content (AvgIpc) is 3.30. The molecule has 2 heterocycles. The Balaban J connectivity index is 1.69. The van der Waals surface area contributed by atoms with Crippen LogP contribution in [0.15, 0.2) is 46.4 Å². The number of carbonyl (C=O) groups is 1. The molecule has 0 radical (unpaired) electrons. The van der Waals surface area contributed by atoms with Crippen LogP contribution < -0.4 is 4.74 Å². The number of benzene rings is 1. The molecule has 2 aromatic heterocycles. The number of hydrogen-bond donors (Lipinski definition) is 0. The number of nitrogens with zero attached hydrogens (tertiary/aromatic N) is 2. The topological polar surface area (TPSA) is 105 Å². The average molecular weight is 360 g/mol. The number of carbonyl (C=O) groups excluding carboxylic acids is 1. The Labute approximate surface area is 145 Å². The molecule has 25 heavy (non-hydrogen) atoms. The molecule has 0 aliphatic heterocycles. The molecule has 0 atom stereocenters. The van der Waals surface area contributed by atoms with Gasteiger partial charge in [0.2, 0.25) is 0 Å². The van der Waals surface area contributed by atoms with Crippen LogP contribution in [0.1, 0.15) is 16.1 Å². The molecule has 8 nitrogen and oxygen atoms in total. The highest BCUT2D eigenvalue weighted by Crippen LogP contribution is 2.28. The fourth-order valence-corrected chi connectivity index (χ4v) is 2.84. The van der Waals surface area contributed by atoms with E-state index in [2.05, 4.69) is 4.98 Å². The maximum Gasteiger partial charge on any atom is 0.338 e. The van der Waals surface area contributed by atoms with Gasteiger partial charge in [-0.1, -0.05) is 0 Å². The number of rotatable bonds is 6. The second-order valence-electron chi connectivity index (χ2n) is 4.84. The van der Waals surface area contributed by atoms with E-state index in [-0.39, 0.29) is 23.6 Å². The van der Waals surface area contributed by atoms with E-state index in [1.807, 2.05) is 0 Å². The molecule has 9 heteroatoms. The number of methoxy groups -OCH3 is 1. The zero-order chi connectivity index (χ0) is 17.8. The molecule has 1 aromatic carbocycles. The predicted molar refractivity (Wildman–Crippen MR) is 88.6 cm³/mol. The fourth-order valence-electron chi connectivity index (χ4n) is 2.07. The van der Waals surface area contributed by atoms with E-state index >= 15 is 0 Å². The first-order chi connectivity index (χ1) is 12.1. The Morgan fingerprint density at radius 1 is 1.40 bits per heavy atom. The molecule has 0 saturated carbocycles. The number of ether oxygens (including phenoxy) is 2. The van der Waals surface area contributed by atoms with Gasteiger partial charge in [0.1, 0.15) is 6.61 Å². The Bertz CT molecular complexity index is 903. The summed E-state index contributed by atoms with van der Waals surface area (Å²) in [5.41, 5.74) is 0.326. The van der Waals surface area contributed by atoms with Crippen molar-refractivity contribution in [3.63, 3.8) is 0 Å². The standard InChI is InChI=1S/C16H12N2O6S/c1-22-13-5-4-10(7-12(13)18(20)21)16(19)24-8-11-9-25-15(17-11)14-3-2-6-23-14/h2-7,9H,8H2,1H3. The minimum Gasteiger partial charge on any atom is -0.490 e. The lowest BCUT2D eigenvalue weighted by Gasteiger charge is -2.05. The first-order valence-corrected chi connectivity index (χ1v) is 7.94. The van der Waals surface area contributed by atoms with Crippen LogP contribution in [0.25, 0.3) is 10.8 Å². The van der Waals surface area contributed by atoms with Crippen LogP contribution in [0.5, 0.6) is 5.75 Å². The van der Waals surface area contributed by atoms with E-state index < -0.39 is 10.9 Å². The van der Waals surface area contributed by atoms with Gasteiger partial charge in [-0.2, -0.15) is 0 Å². The molecule has 0 unspecified atom stereocenters. The second kappa shape index (κ2) is 7.14. The highest BCUT2D eigenvalue weighted by Gasteiger charge is 2.19. The van der Waals surface area contributed by atoms with Crippen LogP contribution in [0.2, 0.25) is 0 Å². The van der Waals surface area contributed by atoms with Gasteiger partial charge in [0.15, 0.2) is 16.5 Å². The third-order valence-electron chi connectivity index (χ3n) is 3.25. The van der Waals surface area contributed by atoms with Gasteiger partial charge in [0, 0.05) is 11.4 Å². The van der Waals surface area contributed by atoms with Crippen molar-refractivity contribution in [2.45, 2.75) is 6.61 Å². The van der Waals surface area contributed by atoms with E-state index in [1.54, 1.807) is 23.8 Å². The van der Waals surface area contributed by atoms with E-state index in [1.165, 1.54) is 30.6 Å². The molecule has 3 rings (SSSR count). The maximum absolute atomic E-state index is 12.1. The molecular weight excluding hydrogens is 348 g/mol. The highest BCUT2D eigenvalue weighted by molar-refractivity contribution is 7.13. The smallest absolute Gasteiger partial charge is 0.338 e. The molecule has 0 spiro atoms. The SMILES string of the molecule is COc1ccc(C(=O)OCc2csc(-c3ccco3)n2)cc1[N+](=O)[O-]. The van der Waals surface area contributed by atoms with Crippen LogP contribution in [-0.4, -0.2) is 23.0 Å². The first-order valence-electron chi connectivity index (χ1n) is 7.06. The predicted octanol–water partition coefficient (Wildman–Crippen LogP) is 3.68. The summed E-state index contributed by atoms with van der Waals surface area (Å²) in [6, 6.07) is 7.42. The van der Waals surface area contributed by atoms with Gasteiger partial charge < -0.3 is 13.9 Å². The summed E-state index contributed by atoms with van der Waals surface area (Å²) in [6.45, 7) is -0.0458. The van der Waals surface area contributed by atoms with Gasteiger partial charge in [0.25, 0.3) is 0 Å². The fraction of sp³-hybridized carbons (Fsp3) is 0.125. The van der Waals surface area contributed by atoms with Crippen molar-refractivity contribution >= 4 is 23.0 Å². The van der Waals surface area contributed by atoms with Crippen molar-refractivity contribution in [1.82, 2.24) is 4.98 Å². The first kappa shape index (κ1) is 16.7. The number of furan rings is 1. The number of nitro benzene ring substituents is 1. The normalized spacial score (nSPS) is 10.4. The van der Waals surface area contributed by atoms with Crippen LogP contribution in [0.4, 0.5) is 5.69 Å². The Morgan fingerprint density at radius 3 is 2.92 bits per heavy atom. The van der Waals surface area contributed by atoms with Gasteiger partial charge >= 0.3 is 11.7 Å². The maximum atomic E-state index is 12.1. The zero-order valence-electron chi connectivity index (χ0n) is 13.0. The number of nitro groups is 1. The van der Waals surface area contributed by atoms with Gasteiger partial charge in [-0.05, 0) is 24.3 Å². The van der Waals surface area contributed by atoms with Crippen molar-refractivity contribution in [2.24, 2.45) is 0 Å². The lowest BCUT2D eigenvalue weighted by Crippen LogP contribution is -2.06. The van der Waals surface area contributed by atoms with Gasteiger partial charge in [-0.15, -0.1) is 11.3 Å². The third-order valence-corrected chi connectivity index (χ3v) is 4.15. The molecule has 128 valence electrons. The van der Waals surface area contributed by atoms with E-state index in [0.29, 0.717) is 16.5 Å². The van der Waals surface area contributed by atoms with E-state index in [4.69, 9.17) is 13.9 Å². The number of thiazole rings is 1. The van der Waals surface area contributed by atoms with Crippen molar-refractivity contribution in [2.75, 3.05) is 7.11 Å². The number of hydrogen-bond acceptors (Lipinski definition) is 8. The highest BCUT2D eigenvalue weighted by atomic mass is 32.1. The minimum absolute atomic E-state index is 0.0458. The summed E-state index contributed by atoms with van der Waals surface area (Å²) in [5.74, 6) is 0.0239. The van der Waals surface area contributed by atoms with Gasteiger partial charge in [-0.25, -0.2) is 9.78 Å². The summed E-state index contributed by atoms with van der Waals surface area (Å²) in [4.78, 5) is 26.8. The summed E-state index contributed by atoms with van der Waals surface area (Å²) < 4.78 is 15.3. The van der Waals surface area contributed by atoms with Crippen molar-refractivity contribution in [3.8, 4) is 16.5 Å². The van der Waals surface area contributed by atoms with Crippen molar-refractivity contribution in [3.05, 3.63) is 63.3 Å². The molecule has 0 saturated heterocycles. The Kier molecular flexibility index (Phi) is 4.75. The van der Waals surface area contributed by atoms with Crippen LogP contribution in [0, 0.1) is 10.1 Å². The summed E-state index contributed by atoms with van der Waals surface area (Å²) in [6.07, 6.45) is 1.55. The van der Waals surface area contributed by atoms with Crippen molar-refractivity contribution in [1.29, 1.82) is 0 Å². The van der Waals surface area contributed by atoms with Gasteiger partial charge in [0.05, 0.1) is 29.6 Å². The number of aromatic nitrogens is 1. The third kappa shape index (κ3) is 3.66. The molecule has 0 aliphatic rings. The summed E-state index contributed by atoms with van der Waals surface area (Å²) in [5, 5.41) is 13.4. The second-order valence-corrected chi connectivity index (χ2v) is 5.70. The van der Waals surface area contributed by atoms with E-state index in [9.17, 15) is 14.9 Å². The summed E-state index contributed by atoms with van der Waals surface area (Å²) in [7, 11) is 1.32.